The van der Waals surface area contributed by atoms with Crippen LogP contribution < -0.4 is 30.4 Å². The second kappa shape index (κ2) is 11.3. The van der Waals surface area contributed by atoms with Crippen molar-refractivity contribution in [1.82, 2.24) is 16.2 Å². The van der Waals surface area contributed by atoms with Crippen molar-refractivity contribution in [1.29, 1.82) is 0 Å². The lowest BCUT2D eigenvalue weighted by atomic mass is 10.1. The van der Waals surface area contributed by atoms with Crippen molar-refractivity contribution in [2.45, 2.75) is 0 Å². The summed E-state index contributed by atoms with van der Waals surface area (Å²) in [7, 11) is 1.56. The number of methoxy groups -OCH3 is 1. The molecule has 0 aliphatic carbocycles. The molecule has 0 aromatic heterocycles. The van der Waals surface area contributed by atoms with Crippen LogP contribution in [-0.4, -0.2) is 37.3 Å². The average molecular weight is 518 g/mol. The van der Waals surface area contributed by atoms with E-state index in [0.717, 1.165) is 15.2 Å². The van der Waals surface area contributed by atoms with Gasteiger partial charge in [0.15, 0.2) is 18.3 Å². The highest BCUT2D eigenvalue weighted by atomic mass is 79.9. The fourth-order valence-corrected chi connectivity index (χ4v) is 3.42. The second-order valence-corrected chi connectivity index (χ2v) is 7.60. The molecule has 10 heteroatoms. The number of hydrazine groups is 1. The van der Waals surface area contributed by atoms with Crippen LogP contribution in [0.15, 0.2) is 65.1 Å². The van der Waals surface area contributed by atoms with Gasteiger partial charge in [0.1, 0.15) is 17.2 Å². The Kier molecular flexibility index (Phi) is 8.23. The molecule has 0 radical (unpaired) electrons. The first-order valence-corrected chi connectivity index (χ1v) is 10.6. The number of carbonyl (C=O) groups is 2. The van der Waals surface area contributed by atoms with Crippen molar-refractivity contribution < 1.29 is 23.8 Å². The molecule has 3 aromatic carbocycles. The number of hydrogen-bond donors (Lipinski definition) is 3. The number of hydrogen-bond acceptors (Lipinski definition) is 6. The Labute approximate surface area is 198 Å². The molecule has 32 heavy (non-hydrogen) atoms. The first-order chi connectivity index (χ1) is 15.5. The van der Waals surface area contributed by atoms with Crippen LogP contribution in [0.4, 0.5) is 0 Å². The van der Waals surface area contributed by atoms with Crippen LogP contribution in [0.1, 0.15) is 0 Å². The van der Waals surface area contributed by atoms with E-state index >= 15 is 0 Å². The highest BCUT2D eigenvalue weighted by Crippen LogP contribution is 2.32. The molecule has 0 bridgehead atoms. The quantitative estimate of drug-likeness (QED) is 0.327. The molecular weight excluding hydrogens is 498 g/mol. The van der Waals surface area contributed by atoms with Gasteiger partial charge < -0.3 is 14.2 Å². The van der Waals surface area contributed by atoms with E-state index in [4.69, 9.17) is 26.4 Å². The van der Waals surface area contributed by atoms with Crippen LogP contribution >= 0.6 is 28.1 Å². The SMILES string of the molecule is COc1ccc(OCC(=O)NC(=S)NNC(=O)COc2ccc3ccccc3c2Br)cc1. The van der Waals surface area contributed by atoms with E-state index in [0.29, 0.717) is 17.2 Å². The maximum atomic E-state index is 12.0. The predicted molar refractivity (Wildman–Crippen MR) is 128 cm³/mol. The molecule has 0 saturated heterocycles. The minimum absolute atomic E-state index is 0.0754. The largest absolute Gasteiger partial charge is 0.497 e. The minimum Gasteiger partial charge on any atom is -0.497 e. The van der Waals surface area contributed by atoms with Crippen LogP contribution in [0, 0.1) is 0 Å². The monoisotopic (exact) mass is 517 g/mol. The van der Waals surface area contributed by atoms with E-state index in [9.17, 15) is 9.59 Å². The van der Waals surface area contributed by atoms with Crippen molar-refractivity contribution in [2.24, 2.45) is 0 Å². The lowest BCUT2D eigenvalue weighted by molar-refractivity contribution is -0.124. The van der Waals surface area contributed by atoms with Gasteiger partial charge in [0.2, 0.25) is 0 Å². The Balaban J connectivity index is 1.38. The van der Waals surface area contributed by atoms with Crippen molar-refractivity contribution in [3.05, 3.63) is 65.1 Å². The van der Waals surface area contributed by atoms with Gasteiger partial charge in [0, 0.05) is 0 Å². The summed E-state index contributed by atoms with van der Waals surface area (Å²) in [6, 6.07) is 18.3. The van der Waals surface area contributed by atoms with Crippen LogP contribution in [0.5, 0.6) is 17.2 Å². The van der Waals surface area contributed by atoms with E-state index < -0.39 is 11.8 Å². The van der Waals surface area contributed by atoms with Gasteiger partial charge in [-0.25, -0.2) is 0 Å². The first kappa shape index (κ1) is 23.3. The number of thiocarbonyl (C=S) groups is 1. The molecule has 0 fully saturated rings. The molecule has 0 spiro atoms. The van der Waals surface area contributed by atoms with Crippen LogP contribution in [0.25, 0.3) is 10.8 Å². The number of ether oxygens (including phenoxy) is 3. The normalized spacial score (nSPS) is 10.2. The smallest absolute Gasteiger partial charge is 0.276 e. The van der Waals surface area contributed by atoms with Gasteiger partial charge in [-0.2, -0.15) is 0 Å². The Bertz CT molecular complexity index is 1120. The highest BCUT2D eigenvalue weighted by molar-refractivity contribution is 9.10. The number of carbonyl (C=O) groups excluding carboxylic acids is 2. The van der Waals surface area contributed by atoms with Crippen molar-refractivity contribution in [2.75, 3.05) is 20.3 Å². The molecule has 3 N–H and O–H groups in total. The van der Waals surface area contributed by atoms with E-state index in [1.54, 1.807) is 37.4 Å². The summed E-state index contributed by atoms with van der Waals surface area (Å²) in [5.74, 6) is 0.760. The zero-order valence-corrected chi connectivity index (χ0v) is 19.4. The number of halogens is 1. The summed E-state index contributed by atoms with van der Waals surface area (Å²) in [5, 5.41) is 4.35. The fraction of sp³-hybridized carbons (Fsp3) is 0.136. The molecule has 3 aromatic rings. The molecule has 0 heterocycles. The predicted octanol–water partition coefficient (Wildman–Crippen LogP) is 3.09. The summed E-state index contributed by atoms with van der Waals surface area (Å²) in [5.41, 5.74) is 4.80. The van der Waals surface area contributed by atoms with Crippen molar-refractivity contribution in [3.8, 4) is 17.2 Å². The van der Waals surface area contributed by atoms with Gasteiger partial charge >= 0.3 is 0 Å². The number of benzene rings is 3. The zero-order valence-electron chi connectivity index (χ0n) is 17.0. The third-order valence-electron chi connectivity index (χ3n) is 4.18. The molecule has 0 aliphatic rings. The van der Waals surface area contributed by atoms with Gasteiger partial charge in [-0.05, 0) is 69.3 Å². The molecule has 0 unspecified atom stereocenters. The maximum Gasteiger partial charge on any atom is 0.276 e. The van der Waals surface area contributed by atoms with Crippen LogP contribution in [0.3, 0.4) is 0 Å². The van der Waals surface area contributed by atoms with Gasteiger partial charge in [0.05, 0.1) is 11.6 Å². The number of fused-ring (bicyclic) bond motifs is 1. The summed E-state index contributed by atoms with van der Waals surface area (Å²) in [4.78, 5) is 23.9. The van der Waals surface area contributed by atoms with Gasteiger partial charge in [-0.3, -0.25) is 25.8 Å². The molecule has 0 aliphatic heterocycles. The fourth-order valence-electron chi connectivity index (χ4n) is 2.65. The van der Waals surface area contributed by atoms with Crippen molar-refractivity contribution >= 4 is 55.8 Å². The Morgan fingerprint density at radius 3 is 2.31 bits per heavy atom. The molecule has 166 valence electrons. The summed E-state index contributed by atoms with van der Waals surface area (Å²) < 4.78 is 16.7. The molecule has 3 rings (SSSR count). The van der Waals surface area contributed by atoms with Gasteiger partial charge in [-0.15, -0.1) is 0 Å². The minimum atomic E-state index is -0.482. The second-order valence-electron chi connectivity index (χ2n) is 6.40. The number of amides is 2. The topological polar surface area (TPSA) is 97.9 Å². The first-order valence-electron chi connectivity index (χ1n) is 9.42. The van der Waals surface area contributed by atoms with Crippen LogP contribution in [0.2, 0.25) is 0 Å². The highest BCUT2D eigenvalue weighted by Gasteiger charge is 2.10. The van der Waals surface area contributed by atoms with Crippen molar-refractivity contribution in [3.63, 3.8) is 0 Å². The molecule has 0 saturated carbocycles. The Morgan fingerprint density at radius 2 is 1.56 bits per heavy atom. The third kappa shape index (κ3) is 6.56. The van der Waals surface area contributed by atoms with E-state index in [1.807, 2.05) is 30.3 Å². The van der Waals surface area contributed by atoms with Gasteiger partial charge in [-0.1, -0.05) is 30.3 Å². The zero-order chi connectivity index (χ0) is 22.9. The number of nitrogens with one attached hydrogen (secondary N) is 3. The van der Waals surface area contributed by atoms with Gasteiger partial charge in [0.25, 0.3) is 11.8 Å². The molecule has 8 nitrogen and oxygen atoms in total. The Hall–Kier alpha value is -3.37. The Morgan fingerprint density at radius 1 is 0.875 bits per heavy atom. The standard InChI is InChI=1S/C22H20BrN3O5S/c1-29-15-7-9-16(10-8-15)30-12-19(27)24-22(32)26-25-20(28)13-31-18-11-6-14-4-2-3-5-17(14)21(18)23/h2-11H,12-13H2,1H3,(H,25,28)(H2,24,26,27,32). The molecule has 2 amide bonds. The van der Waals surface area contributed by atoms with Crippen LogP contribution in [-0.2, 0) is 9.59 Å². The number of rotatable bonds is 7. The summed E-state index contributed by atoms with van der Waals surface area (Å²) in [6.07, 6.45) is 0. The molecular formula is C22H20BrN3O5S. The lowest BCUT2D eigenvalue weighted by Gasteiger charge is -2.13. The maximum absolute atomic E-state index is 12.0. The summed E-state index contributed by atoms with van der Waals surface area (Å²) in [6.45, 7) is -0.498. The van der Waals surface area contributed by atoms with E-state index in [-0.39, 0.29) is 18.3 Å². The summed E-state index contributed by atoms with van der Waals surface area (Å²) >= 11 is 8.49. The van der Waals surface area contributed by atoms with E-state index in [2.05, 4.69) is 32.1 Å². The average Bonchev–Trinajstić information content (AvgIpc) is 2.81. The lowest BCUT2D eigenvalue weighted by Crippen LogP contribution is -2.50. The third-order valence-corrected chi connectivity index (χ3v) is 5.21. The molecule has 0 atom stereocenters. The van der Waals surface area contributed by atoms with E-state index in [1.165, 1.54) is 0 Å².